The summed E-state index contributed by atoms with van der Waals surface area (Å²) in [5.41, 5.74) is 10.3. The number of H-pyrrole nitrogens is 1. The zero-order valence-electron chi connectivity index (χ0n) is 17.5. The number of aromatic nitrogens is 2. The Morgan fingerprint density at radius 2 is 1.94 bits per heavy atom. The number of ether oxygens (including phenoxy) is 2. The number of azide groups is 1. The molecule has 164 valence electrons. The molecule has 0 aliphatic carbocycles. The molecule has 0 radical (unpaired) electrons. The van der Waals surface area contributed by atoms with Gasteiger partial charge < -0.3 is 9.47 Å². The summed E-state index contributed by atoms with van der Waals surface area (Å²) < 4.78 is 13.0. The van der Waals surface area contributed by atoms with Gasteiger partial charge in [0.1, 0.15) is 18.4 Å². The molecule has 1 saturated heterocycles. The fourth-order valence-corrected chi connectivity index (χ4v) is 3.82. The first-order valence-electron chi connectivity index (χ1n) is 10.1. The molecule has 10 heteroatoms. The second-order valence-electron chi connectivity index (χ2n) is 7.74. The lowest BCUT2D eigenvalue weighted by Gasteiger charge is -2.17. The van der Waals surface area contributed by atoms with Gasteiger partial charge in [-0.1, -0.05) is 34.4 Å². The van der Waals surface area contributed by atoms with Gasteiger partial charge in [0.05, 0.1) is 23.0 Å². The average Bonchev–Trinajstić information content (AvgIpc) is 3.15. The van der Waals surface area contributed by atoms with Gasteiger partial charge in [0.25, 0.3) is 5.56 Å². The standard InChI is InChI=1S/C22H21N5O5/c1-12-3-6-14(7-4-12)21(29)32-17-10-19(31-18(17)11-24-26-23)27-16-8-5-13(2)9-15(16)20(28)25-22(27)30/h3-9,17-19H,10-11H2,1-2H3,(H,25,28,30)/t17-,18+,19?/m0/s1. The third-order valence-corrected chi connectivity index (χ3v) is 5.43. The number of nitrogens with zero attached hydrogens (tertiary/aromatic N) is 4. The summed E-state index contributed by atoms with van der Waals surface area (Å²) in [6, 6.07) is 12.1. The van der Waals surface area contributed by atoms with E-state index in [0.717, 1.165) is 11.1 Å². The fourth-order valence-electron chi connectivity index (χ4n) is 3.82. The van der Waals surface area contributed by atoms with E-state index in [1.54, 1.807) is 42.5 Å². The van der Waals surface area contributed by atoms with Gasteiger partial charge in [-0.25, -0.2) is 9.59 Å². The highest BCUT2D eigenvalue weighted by Gasteiger charge is 2.39. The summed E-state index contributed by atoms with van der Waals surface area (Å²) in [4.78, 5) is 42.7. The second kappa shape index (κ2) is 8.70. The van der Waals surface area contributed by atoms with Gasteiger partial charge >= 0.3 is 11.7 Å². The molecular formula is C22H21N5O5. The summed E-state index contributed by atoms with van der Waals surface area (Å²) in [6.07, 6.45) is -2.17. The van der Waals surface area contributed by atoms with E-state index in [1.807, 2.05) is 13.8 Å². The third-order valence-electron chi connectivity index (χ3n) is 5.43. The Labute approximate surface area is 182 Å². The summed E-state index contributed by atoms with van der Waals surface area (Å²) in [5, 5.41) is 3.90. The molecular weight excluding hydrogens is 414 g/mol. The monoisotopic (exact) mass is 435 g/mol. The SMILES string of the molecule is Cc1ccc(C(=O)O[C@H]2CC(n3c(=O)[nH]c(=O)c4cc(C)ccc43)O[C@@H]2CN=[N+]=[N-])cc1. The van der Waals surface area contributed by atoms with Gasteiger partial charge in [-0.05, 0) is 43.6 Å². The van der Waals surface area contributed by atoms with Crippen LogP contribution in [0.3, 0.4) is 0 Å². The smallest absolute Gasteiger partial charge is 0.338 e. The van der Waals surface area contributed by atoms with E-state index in [9.17, 15) is 14.4 Å². The van der Waals surface area contributed by atoms with Crippen molar-refractivity contribution in [2.45, 2.75) is 38.7 Å². The summed E-state index contributed by atoms with van der Waals surface area (Å²) in [7, 11) is 0. The Kier molecular flexibility index (Phi) is 5.81. The number of rotatable bonds is 5. The molecule has 3 aromatic rings. The Morgan fingerprint density at radius 1 is 1.22 bits per heavy atom. The lowest BCUT2D eigenvalue weighted by atomic mass is 10.1. The molecule has 1 aliphatic heterocycles. The molecule has 2 heterocycles. The number of aromatic amines is 1. The summed E-state index contributed by atoms with van der Waals surface area (Å²) >= 11 is 0. The fraction of sp³-hybridized carbons (Fsp3) is 0.318. The topological polar surface area (TPSA) is 139 Å². The predicted molar refractivity (Wildman–Crippen MR) is 116 cm³/mol. The number of hydrogen-bond acceptors (Lipinski definition) is 6. The molecule has 1 fully saturated rings. The predicted octanol–water partition coefficient (Wildman–Crippen LogP) is 3.13. The largest absolute Gasteiger partial charge is 0.456 e. The minimum atomic E-state index is -0.820. The average molecular weight is 435 g/mol. The van der Waals surface area contributed by atoms with E-state index >= 15 is 0 Å². The number of hydrogen-bond donors (Lipinski definition) is 1. The van der Waals surface area contributed by atoms with E-state index in [2.05, 4.69) is 15.0 Å². The normalized spacial score (nSPS) is 20.1. The lowest BCUT2D eigenvalue weighted by Crippen LogP contribution is -2.33. The Bertz CT molecular complexity index is 1340. The molecule has 0 spiro atoms. The van der Waals surface area contributed by atoms with Crippen LogP contribution in [0.4, 0.5) is 0 Å². The molecule has 1 N–H and O–H groups in total. The van der Waals surface area contributed by atoms with Gasteiger partial charge in [-0.2, -0.15) is 0 Å². The van der Waals surface area contributed by atoms with E-state index in [-0.39, 0.29) is 13.0 Å². The Morgan fingerprint density at radius 3 is 2.66 bits per heavy atom. The van der Waals surface area contributed by atoms with E-state index in [4.69, 9.17) is 15.0 Å². The van der Waals surface area contributed by atoms with Crippen LogP contribution >= 0.6 is 0 Å². The summed E-state index contributed by atoms with van der Waals surface area (Å²) in [6.45, 7) is 3.68. The van der Waals surface area contributed by atoms with Crippen LogP contribution < -0.4 is 11.2 Å². The Balaban J connectivity index is 1.67. The first kappa shape index (κ1) is 21.4. The molecule has 0 amide bonds. The van der Waals surface area contributed by atoms with Crippen molar-refractivity contribution in [2.24, 2.45) is 5.11 Å². The number of aryl methyl sites for hydroxylation is 2. The molecule has 1 unspecified atom stereocenters. The molecule has 0 bridgehead atoms. The van der Waals surface area contributed by atoms with Crippen molar-refractivity contribution in [3.63, 3.8) is 0 Å². The zero-order chi connectivity index (χ0) is 22.8. The lowest BCUT2D eigenvalue weighted by molar-refractivity contribution is -0.0236. The van der Waals surface area contributed by atoms with Crippen LogP contribution in [-0.4, -0.2) is 34.3 Å². The number of fused-ring (bicyclic) bond motifs is 1. The van der Waals surface area contributed by atoms with E-state index in [0.29, 0.717) is 16.5 Å². The number of carbonyl (C=O) groups is 1. The molecule has 32 heavy (non-hydrogen) atoms. The number of nitrogens with one attached hydrogen (secondary N) is 1. The highest BCUT2D eigenvalue weighted by Crippen LogP contribution is 2.32. The van der Waals surface area contributed by atoms with Crippen LogP contribution in [0.1, 0.15) is 34.1 Å². The van der Waals surface area contributed by atoms with Gasteiger partial charge in [0.15, 0.2) is 0 Å². The van der Waals surface area contributed by atoms with Gasteiger partial charge in [-0.3, -0.25) is 14.3 Å². The molecule has 1 aromatic heterocycles. The van der Waals surface area contributed by atoms with Crippen LogP contribution in [-0.2, 0) is 9.47 Å². The van der Waals surface area contributed by atoms with Crippen LogP contribution in [0.5, 0.6) is 0 Å². The summed E-state index contributed by atoms with van der Waals surface area (Å²) in [5.74, 6) is -0.542. The zero-order valence-corrected chi connectivity index (χ0v) is 17.5. The first-order chi connectivity index (χ1) is 15.4. The van der Waals surface area contributed by atoms with Crippen molar-refractivity contribution < 1.29 is 14.3 Å². The minimum Gasteiger partial charge on any atom is -0.456 e. The van der Waals surface area contributed by atoms with E-state index < -0.39 is 35.7 Å². The minimum absolute atomic E-state index is 0.0754. The van der Waals surface area contributed by atoms with E-state index in [1.165, 1.54) is 4.57 Å². The van der Waals surface area contributed by atoms with Crippen molar-refractivity contribution in [3.8, 4) is 0 Å². The van der Waals surface area contributed by atoms with Gasteiger partial charge in [-0.15, -0.1) is 0 Å². The number of benzene rings is 2. The van der Waals surface area contributed by atoms with Crippen molar-refractivity contribution in [2.75, 3.05) is 6.54 Å². The van der Waals surface area contributed by atoms with Crippen LogP contribution in [0.15, 0.2) is 57.2 Å². The molecule has 10 nitrogen and oxygen atoms in total. The maximum Gasteiger partial charge on any atom is 0.338 e. The molecule has 2 aromatic carbocycles. The molecule has 0 saturated carbocycles. The van der Waals surface area contributed by atoms with Crippen molar-refractivity contribution >= 4 is 16.9 Å². The molecule has 4 rings (SSSR count). The second-order valence-corrected chi connectivity index (χ2v) is 7.74. The number of esters is 1. The van der Waals surface area contributed by atoms with Gasteiger partial charge in [0.2, 0.25) is 0 Å². The van der Waals surface area contributed by atoms with Crippen LogP contribution in [0.25, 0.3) is 21.3 Å². The van der Waals surface area contributed by atoms with Crippen molar-refractivity contribution in [3.05, 3.63) is 90.4 Å². The highest BCUT2D eigenvalue weighted by atomic mass is 16.6. The third kappa shape index (κ3) is 4.14. The van der Waals surface area contributed by atoms with Crippen molar-refractivity contribution in [1.29, 1.82) is 0 Å². The Hall–Kier alpha value is -3.88. The highest BCUT2D eigenvalue weighted by molar-refractivity contribution is 5.89. The maximum atomic E-state index is 12.7. The van der Waals surface area contributed by atoms with Crippen LogP contribution in [0, 0.1) is 13.8 Å². The maximum absolute atomic E-state index is 12.7. The van der Waals surface area contributed by atoms with Crippen molar-refractivity contribution in [1.82, 2.24) is 9.55 Å². The van der Waals surface area contributed by atoms with Crippen LogP contribution in [0.2, 0.25) is 0 Å². The molecule has 1 aliphatic rings. The first-order valence-corrected chi connectivity index (χ1v) is 10.1. The number of carbonyl (C=O) groups excluding carboxylic acids is 1. The molecule has 3 atom stereocenters. The van der Waals surface area contributed by atoms with Gasteiger partial charge in [0, 0.05) is 11.3 Å². The quantitative estimate of drug-likeness (QED) is 0.284.